The van der Waals surface area contributed by atoms with Gasteiger partial charge in [0, 0.05) is 62.7 Å². The number of nitrogens with one attached hydrogen (secondary N) is 1. The van der Waals surface area contributed by atoms with Crippen molar-refractivity contribution in [3.63, 3.8) is 0 Å². The number of carbonyl (C=O) groups excluding carboxylic acids is 1. The Morgan fingerprint density at radius 1 is 1.22 bits per heavy atom. The summed E-state index contributed by atoms with van der Waals surface area (Å²) < 4.78 is 0. The molecular weight excluding hydrogens is 346 g/mol. The Labute approximate surface area is 158 Å². The summed E-state index contributed by atoms with van der Waals surface area (Å²) in [4.78, 5) is 31.3. The summed E-state index contributed by atoms with van der Waals surface area (Å²) >= 11 is 0. The highest BCUT2D eigenvalue weighted by atomic mass is 16.6. The fraction of sp³-hybridized carbons (Fsp3) is 0.368. The van der Waals surface area contributed by atoms with E-state index in [9.17, 15) is 14.9 Å². The van der Waals surface area contributed by atoms with E-state index in [0.717, 1.165) is 24.6 Å². The van der Waals surface area contributed by atoms with Gasteiger partial charge in [0.15, 0.2) is 0 Å². The first-order valence-corrected chi connectivity index (χ1v) is 8.97. The normalized spacial score (nSPS) is 14.1. The van der Waals surface area contributed by atoms with E-state index in [1.165, 1.54) is 6.07 Å². The van der Waals surface area contributed by atoms with Crippen molar-refractivity contribution in [3.8, 4) is 0 Å². The molecule has 1 saturated heterocycles. The fourth-order valence-corrected chi connectivity index (χ4v) is 3.17. The molecule has 2 aromatic rings. The molecule has 1 fully saturated rings. The molecule has 1 aromatic carbocycles. The molecular formula is C19H23N5O3. The van der Waals surface area contributed by atoms with E-state index >= 15 is 0 Å². The Morgan fingerprint density at radius 2 is 2.00 bits per heavy atom. The van der Waals surface area contributed by atoms with Crippen LogP contribution in [0.1, 0.15) is 12.0 Å². The van der Waals surface area contributed by atoms with Gasteiger partial charge in [0.1, 0.15) is 5.82 Å². The van der Waals surface area contributed by atoms with Crippen molar-refractivity contribution in [3.05, 3.63) is 58.3 Å². The minimum Gasteiger partial charge on any atom is -0.385 e. The highest BCUT2D eigenvalue weighted by molar-refractivity contribution is 5.77. The molecule has 8 nitrogen and oxygen atoms in total. The molecule has 1 N–H and O–H groups in total. The van der Waals surface area contributed by atoms with Crippen LogP contribution in [-0.2, 0) is 4.79 Å². The average molecular weight is 369 g/mol. The number of hydrogen-bond donors (Lipinski definition) is 1. The number of nitro groups is 1. The zero-order valence-electron chi connectivity index (χ0n) is 15.3. The van der Waals surface area contributed by atoms with E-state index in [-0.39, 0.29) is 11.6 Å². The Morgan fingerprint density at radius 3 is 2.63 bits per heavy atom. The van der Waals surface area contributed by atoms with Gasteiger partial charge < -0.3 is 15.1 Å². The molecule has 8 heteroatoms. The first kappa shape index (κ1) is 18.6. The maximum atomic E-state index is 12.4. The van der Waals surface area contributed by atoms with Crippen molar-refractivity contribution in [1.82, 2.24) is 9.88 Å². The van der Waals surface area contributed by atoms with E-state index in [4.69, 9.17) is 0 Å². The molecule has 0 radical (unpaired) electrons. The largest absolute Gasteiger partial charge is 0.385 e. The molecule has 1 aliphatic rings. The number of nitro benzene ring substituents is 1. The molecule has 0 atom stereocenters. The number of aromatic nitrogens is 1. The van der Waals surface area contributed by atoms with Crippen molar-refractivity contribution in [2.24, 2.45) is 0 Å². The number of pyridine rings is 1. The number of hydrogen-bond acceptors (Lipinski definition) is 6. The molecule has 0 spiro atoms. The zero-order chi connectivity index (χ0) is 19.2. The average Bonchev–Trinajstić information content (AvgIpc) is 2.68. The predicted octanol–water partition coefficient (Wildman–Crippen LogP) is 2.45. The second-order valence-electron chi connectivity index (χ2n) is 6.49. The molecule has 3 rings (SSSR count). The van der Waals surface area contributed by atoms with Crippen LogP contribution in [0.2, 0.25) is 0 Å². The third-order valence-corrected chi connectivity index (χ3v) is 4.67. The van der Waals surface area contributed by atoms with E-state index in [0.29, 0.717) is 31.6 Å². The minimum atomic E-state index is -0.396. The molecule has 1 amide bonds. The molecule has 1 aromatic heterocycles. The van der Waals surface area contributed by atoms with Gasteiger partial charge in [-0.1, -0.05) is 6.07 Å². The van der Waals surface area contributed by atoms with Gasteiger partial charge in [-0.3, -0.25) is 14.9 Å². The van der Waals surface area contributed by atoms with Gasteiger partial charge in [-0.15, -0.1) is 0 Å². The summed E-state index contributed by atoms with van der Waals surface area (Å²) in [7, 11) is 0. The number of benzene rings is 1. The van der Waals surface area contributed by atoms with Crippen LogP contribution in [0.15, 0.2) is 42.6 Å². The Hall–Kier alpha value is -3.16. The highest BCUT2D eigenvalue weighted by Crippen LogP contribution is 2.21. The van der Waals surface area contributed by atoms with Gasteiger partial charge >= 0.3 is 0 Å². The van der Waals surface area contributed by atoms with Crippen molar-refractivity contribution in [1.29, 1.82) is 0 Å². The lowest BCUT2D eigenvalue weighted by molar-refractivity contribution is -0.385. The minimum absolute atomic E-state index is 0.0994. The van der Waals surface area contributed by atoms with Gasteiger partial charge in [0.25, 0.3) is 5.69 Å². The van der Waals surface area contributed by atoms with E-state index in [1.54, 1.807) is 25.3 Å². The van der Waals surface area contributed by atoms with Crippen molar-refractivity contribution >= 4 is 23.1 Å². The molecule has 1 aliphatic heterocycles. The molecule has 0 bridgehead atoms. The number of aryl methyl sites for hydroxylation is 1. The van der Waals surface area contributed by atoms with E-state index < -0.39 is 4.92 Å². The van der Waals surface area contributed by atoms with Gasteiger partial charge in [-0.2, -0.15) is 0 Å². The topological polar surface area (TPSA) is 91.6 Å². The van der Waals surface area contributed by atoms with Crippen LogP contribution in [0.3, 0.4) is 0 Å². The Bertz CT molecular complexity index is 804. The van der Waals surface area contributed by atoms with Gasteiger partial charge in [-0.25, -0.2) is 4.98 Å². The monoisotopic (exact) mass is 369 g/mol. The highest BCUT2D eigenvalue weighted by Gasteiger charge is 2.21. The number of carbonyl (C=O) groups is 1. The smallest absolute Gasteiger partial charge is 0.272 e. The van der Waals surface area contributed by atoms with Crippen LogP contribution < -0.4 is 10.2 Å². The molecule has 0 unspecified atom stereocenters. The molecule has 0 aliphatic carbocycles. The fourth-order valence-electron chi connectivity index (χ4n) is 3.17. The zero-order valence-corrected chi connectivity index (χ0v) is 15.3. The third kappa shape index (κ3) is 4.72. The maximum Gasteiger partial charge on any atom is 0.272 e. The lowest BCUT2D eigenvalue weighted by Gasteiger charge is -2.35. The Balaban J connectivity index is 1.44. The van der Waals surface area contributed by atoms with Crippen LogP contribution in [-0.4, -0.2) is 53.4 Å². The second kappa shape index (κ2) is 8.48. The number of rotatable bonds is 6. The van der Waals surface area contributed by atoms with Crippen LogP contribution in [0.25, 0.3) is 0 Å². The van der Waals surface area contributed by atoms with E-state index in [2.05, 4.69) is 15.2 Å². The van der Waals surface area contributed by atoms with Crippen molar-refractivity contribution in [2.45, 2.75) is 13.3 Å². The van der Waals surface area contributed by atoms with Crippen LogP contribution in [0.5, 0.6) is 0 Å². The van der Waals surface area contributed by atoms with Gasteiger partial charge in [0.05, 0.1) is 4.92 Å². The van der Waals surface area contributed by atoms with E-state index in [1.807, 2.05) is 23.1 Å². The van der Waals surface area contributed by atoms with Crippen molar-refractivity contribution in [2.75, 3.05) is 42.9 Å². The SMILES string of the molecule is Cc1cc(NCCC(=O)N2CCN(c3ccccn3)CC2)ccc1[N+](=O)[O-]. The van der Waals surface area contributed by atoms with Gasteiger partial charge in [0.2, 0.25) is 5.91 Å². The van der Waals surface area contributed by atoms with Gasteiger partial charge in [-0.05, 0) is 31.2 Å². The first-order valence-electron chi connectivity index (χ1n) is 8.97. The number of amides is 1. The summed E-state index contributed by atoms with van der Waals surface area (Å²) in [6, 6.07) is 10.7. The Kier molecular flexibility index (Phi) is 5.85. The first-order chi connectivity index (χ1) is 13.0. The van der Waals surface area contributed by atoms with Crippen molar-refractivity contribution < 1.29 is 9.72 Å². The van der Waals surface area contributed by atoms with Crippen LogP contribution in [0.4, 0.5) is 17.2 Å². The van der Waals surface area contributed by atoms with Crippen LogP contribution >= 0.6 is 0 Å². The molecule has 2 heterocycles. The standard InChI is InChI=1S/C19H23N5O3/c1-15-14-16(5-6-17(15)24(26)27)20-9-7-19(25)23-12-10-22(11-13-23)18-4-2-3-8-21-18/h2-6,8,14,20H,7,9-13H2,1H3. The summed E-state index contributed by atoms with van der Waals surface area (Å²) in [5.41, 5.74) is 1.48. The number of piperazine rings is 1. The summed E-state index contributed by atoms with van der Waals surface area (Å²) in [6.07, 6.45) is 2.16. The lowest BCUT2D eigenvalue weighted by atomic mass is 10.2. The summed E-state index contributed by atoms with van der Waals surface area (Å²) in [6.45, 7) is 5.12. The second-order valence-corrected chi connectivity index (χ2v) is 6.49. The third-order valence-electron chi connectivity index (χ3n) is 4.67. The molecule has 142 valence electrons. The number of anilines is 2. The number of nitrogens with zero attached hydrogens (tertiary/aromatic N) is 4. The quantitative estimate of drug-likeness (QED) is 0.621. The van der Waals surface area contributed by atoms with Crippen LogP contribution in [0, 0.1) is 17.0 Å². The maximum absolute atomic E-state index is 12.4. The molecule has 27 heavy (non-hydrogen) atoms. The molecule has 0 saturated carbocycles. The summed E-state index contributed by atoms with van der Waals surface area (Å²) in [5, 5.41) is 14.0. The lowest BCUT2D eigenvalue weighted by Crippen LogP contribution is -2.49. The summed E-state index contributed by atoms with van der Waals surface area (Å²) in [5.74, 6) is 1.06. The predicted molar refractivity (Wildman–Crippen MR) is 104 cm³/mol.